The fourth-order valence-corrected chi connectivity index (χ4v) is 2.55. The van der Waals surface area contributed by atoms with Crippen molar-refractivity contribution in [3.8, 4) is 0 Å². The van der Waals surface area contributed by atoms with Gasteiger partial charge in [0.2, 0.25) is 5.91 Å². The minimum Gasteiger partial charge on any atom is -0.309 e. The zero-order valence-electron chi connectivity index (χ0n) is 8.20. The number of aromatic nitrogens is 1. The first-order chi connectivity index (χ1) is 7.08. The van der Waals surface area contributed by atoms with Gasteiger partial charge in [0.05, 0.1) is 11.4 Å². The first-order valence-electron chi connectivity index (χ1n) is 4.64. The molecule has 1 fully saturated rings. The number of pyridine rings is 1. The Morgan fingerprint density at radius 3 is 2.93 bits per heavy atom. The molecule has 15 heavy (non-hydrogen) atoms. The Morgan fingerprint density at radius 2 is 2.33 bits per heavy atom. The van der Waals surface area contributed by atoms with Crippen molar-refractivity contribution in [1.29, 1.82) is 0 Å². The average molecular weight is 334 g/mol. The number of hydrogen-bond acceptors (Lipinski definition) is 2. The van der Waals surface area contributed by atoms with E-state index in [0.29, 0.717) is 6.42 Å². The molecule has 1 aromatic heterocycles. The number of nitrogens with zero attached hydrogens (tertiary/aromatic N) is 2. The first kappa shape index (κ1) is 11.1. The van der Waals surface area contributed by atoms with Gasteiger partial charge >= 0.3 is 0 Å². The lowest BCUT2D eigenvalue weighted by Crippen LogP contribution is -2.25. The van der Waals surface area contributed by atoms with Gasteiger partial charge in [-0.15, -0.1) is 0 Å². The fraction of sp³-hybridized carbons (Fsp3) is 0.400. The molecule has 0 radical (unpaired) electrons. The van der Waals surface area contributed by atoms with Crippen LogP contribution in [0, 0.1) is 6.92 Å². The molecule has 2 rings (SSSR count). The average Bonchev–Trinajstić information content (AvgIpc) is 2.50. The van der Waals surface area contributed by atoms with Crippen molar-refractivity contribution in [1.82, 2.24) is 4.98 Å². The summed E-state index contributed by atoms with van der Waals surface area (Å²) in [5, 5.41) is 0. The van der Waals surface area contributed by atoms with Gasteiger partial charge in [-0.05, 0) is 28.9 Å². The van der Waals surface area contributed by atoms with Crippen molar-refractivity contribution in [2.45, 2.75) is 18.2 Å². The fourth-order valence-electron chi connectivity index (χ4n) is 1.67. The number of carbonyl (C=O) groups excluding carboxylic acids is 1. The summed E-state index contributed by atoms with van der Waals surface area (Å²) in [6, 6.07) is 1.94. The van der Waals surface area contributed by atoms with E-state index in [-0.39, 0.29) is 10.7 Å². The SMILES string of the molecule is Cc1ncc(Br)cc1N1CC(Br)CC1=O. The lowest BCUT2D eigenvalue weighted by Gasteiger charge is -2.17. The summed E-state index contributed by atoms with van der Waals surface area (Å²) in [5.41, 5.74) is 1.78. The number of alkyl halides is 1. The van der Waals surface area contributed by atoms with E-state index < -0.39 is 0 Å². The molecule has 80 valence electrons. The number of amides is 1. The van der Waals surface area contributed by atoms with Crippen molar-refractivity contribution in [3.63, 3.8) is 0 Å². The van der Waals surface area contributed by atoms with E-state index in [0.717, 1.165) is 22.4 Å². The molecule has 3 nitrogen and oxygen atoms in total. The Hall–Kier alpha value is -0.420. The smallest absolute Gasteiger partial charge is 0.228 e. The maximum Gasteiger partial charge on any atom is 0.228 e. The molecule has 1 unspecified atom stereocenters. The van der Waals surface area contributed by atoms with E-state index in [4.69, 9.17) is 0 Å². The van der Waals surface area contributed by atoms with Crippen molar-refractivity contribution in [3.05, 3.63) is 22.4 Å². The molecular weight excluding hydrogens is 324 g/mol. The lowest BCUT2D eigenvalue weighted by atomic mass is 10.3. The van der Waals surface area contributed by atoms with Crippen LogP contribution in [-0.4, -0.2) is 22.3 Å². The highest BCUT2D eigenvalue weighted by molar-refractivity contribution is 9.10. The summed E-state index contributed by atoms with van der Waals surface area (Å²) in [6.07, 6.45) is 2.30. The summed E-state index contributed by atoms with van der Waals surface area (Å²) in [6.45, 7) is 2.63. The van der Waals surface area contributed by atoms with Gasteiger partial charge in [0.1, 0.15) is 0 Å². The van der Waals surface area contributed by atoms with Crippen LogP contribution < -0.4 is 4.90 Å². The second-order valence-corrected chi connectivity index (χ2v) is 5.77. The quantitative estimate of drug-likeness (QED) is 0.740. The van der Waals surface area contributed by atoms with Crippen LogP contribution in [0.25, 0.3) is 0 Å². The van der Waals surface area contributed by atoms with Crippen LogP contribution in [0.4, 0.5) is 5.69 Å². The zero-order valence-corrected chi connectivity index (χ0v) is 11.4. The second kappa shape index (κ2) is 4.22. The van der Waals surface area contributed by atoms with Crippen LogP contribution >= 0.6 is 31.9 Å². The molecule has 1 aliphatic heterocycles. The summed E-state index contributed by atoms with van der Waals surface area (Å²) in [4.78, 5) is 18.0. The highest BCUT2D eigenvalue weighted by Gasteiger charge is 2.29. The number of carbonyl (C=O) groups is 1. The van der Waals surface area contributed by atoms with Crippen LogP contribution in [0.2, 0.25) is 0 Å². The molecule has 1 aromatic rings. The van der Waals surface area contributed by atoms with Gasteiger partial charge < -0.3 is 4.90 Å². The predicted octanol–water partition coefficient (Wildman–Crippen LogP) is 2.65. The molecule has 2 heterocycles. The van der Waals surface area contributed by atoms with Crippen molar-refractivity contribution < 1.29 is 4.79 Å². The third kappa shape index (κ3) is 2.23. The molecule has 1 aliphatic rings. The van der Waals surface area contributed by atoms with E-state index in [1.54, 1.807) is 11.1 Å². The molecular formula is C10H10Br2N2O. The van der Waals surface area contributed by atoms with Crippen molar-refractivity contribution in [2.24, 2.45) is 0 Å². The number of hydrogen-bond donors (Lipinski definition) is 0. The Labute approximate surface area is 105 Å². The summed E-state index contributed by atoms with van der Waals surface area (Å²) in [5.74, 6) is 0.153. The van der Waals surface area contributed by atoms with Crippen LogP contribution in [0.15, 0.2) is 16.7 Å². The van der Waals surface area contributed by atoms with E-state index in [9.17, 15) is 4.79 Å². The third-order valence-corrected chi connectivity index (χ3v) is 3.44. The van der Waals surface area contributed by atoms with Crippen molar-refractivity contribution in [2.75, 3.05) is 11.4 Å². The van der Waals surface area contributed by atoms with E-state index >= 15 is 0 Å². The van der Waals surface area contributed by atoms with Gasteiger partial charge in [0.25, 0.3) is 0 Å². The molecule has 0 bridgehead atoms. The molecule has 0 saturated carbocycles. The minimum absolute atomic E-state index is 0.153. The maximum absolute atomic E-state index is 11.7. The molecule has 1 saturated heterocycles. The van der Waals surface area contributed by atoms with Gasteiger partial charge in [0.15, 0.2) is 0 Å². The summed E-state index contributed by atoms with van der Waals surface area (Å²) < 4.78 is 0.897. The van der Waals surface area contributed by atoms with Crippen LogP contribution in [0.3, 0.4) is 0 Å². The van der Waals surface area contributed by atoms with Gasteiger partial charge in [-0.3, -0.25) is 9.78 Å². The Balaban J connectivity index is 2.37. The predicted molar refractivity (Wildman–Crippen MR) is 66.4 cm³/mol. The topological polar surface area (TPSA) is 33.2 Å². The third-order valence-electron chi connectivity index (χ3n) is 2.40. The van der Waals surface area contributed by atoms with Crippen LogP contribution in [0.1, 0.15) is 12.1 Å². The Morgan fingerprint density at radius 1 is 1.60 bits per heavy atom. The van der Waals surface area contributed by atoms with Gasteiger partial charge in [-0.2, -0.15) is 0 Å². The maximum atomic E-state index is 11.7. The minimum atomic E-state index is 0.153. The van der Waals surface area contributed by atoms with Gasteiger partial charge in [-0.1, -0.05) is 15.9 Å². The zero-order chi connectivity index (χ0) is 11.0. The van der Waals surface area contributed by atoms with Gasteiger partial charge in [-0.25, -0.2) is 0 Å². The molecule has 0 aliphatic carbocycles. The molecule has 0 spiro atoms. The summed E-state index contributed by atoms with van der Waals surface area (Å²) in [7, 11) is 0. The molecule has 0 N–H and O–H groups in total. The first-order valence-corrected chi connectivity index (χ1v) is 6.35. The van der Waals surface area contributed by atoms with E-state index in [1.165, 1.54) is 0 Å². The molecule has 1 amide bonds. The number of halogens is 2. The lowest BCUT2D eigenvalue weighted by molar-refractivity contribution is -0.117. The monoisotopic (exact) mass is 332 g/mol. The van der Waals surface area contributed by atoms with Crippen LogP contribution in [-0.2, 0) is 4.79 Å². The van der Waals surface area contributed by atoms with Crippen molar-refractivity contribution >= 4 is 43.5 Å². The Bertz CT molecular complexity index is 408. The Kier molecular flexibility index (Phi) is 3.11. The molecule has 5 heteroatoms. The second-order valence-electron chi connectivity index (χ2n) is 3.56. The normalized spacial score (nSPS) is 21.1. The number of rotatable bonds is 1. The number of anilines is 1. The summed E-state index contributed by atoms with van der Waals surface area (Å²) >= 11 is 6.83. The molecule has 1 atom stereocenters. The van der Waals surface area contributed by atoms with Crippen LogP contribution in [0.5, 0.6) is 0 Å². The van der Waals surface area contributed by atoms with E-state index in [1.807, 2.05) is 13.0 Å². The standard InChI is InChI=1S/C10H10Br2N2O/c1-6-9(2-7(11)4-13-6)14-5-8(12)3-10(14)15/h2,4,8H,3,5H2,1H3. The molecule has 0 aromatic carbocycles. The van der Waals surface area contributed by atoms with E-state index in [2.05, 4.69) is 36.8 Å². The highest BCUT2D eigenvalue weighted by atomic mass is 79.9. The highest BCUT2D eigenvalue weighted by Crippen LogP contribution is 2.28. The largest absolute Gasteiger partial charge is 0.309 e. The van der Waals surface area contributed by atoms with Gasteiger partial charge in [0, 0.05) is 28.5 Å². The number of aryl methyl sites for hydroxylation is 1.